The number of aromatic nitrogens is 2. The molecule has 1 atom stereocenters. The van der Waals surface area contributed by atoms with Crippen LogP contribution in [0.25, 0.3) is 10.7 Å². The molecule has 8 heteroatoms. The van der Waals surface area contributed by atoms with Gasteiger partial charge in [-0.05, 0) is 43.3 Å². The fourth-order valence-corrected chi connectivity index (χ4v) is 3.18. The number of nitrogens with zero attached hydrogens (tertiary/aromatic N) is 2. The predicted octanol–water partition coefficient (Wildman–Crippen LogP) is 2.27. The van der Waals surface area contributed by atoms with Crippen LogP contribution in [0.2, 0.25) is 0 Å². The van der Waals surface area contributed by atoms with Crippen molar-refractivity contribution in [3.63, 3.8) is 0 Å². The predicted molar refractivity (Wildman–Crippen MR) is 91.8 cm³/mol. The van der Waals surface area contributed by atoms with Crippen molar-refractivity contribution in [3.05, 3.63) is 23.4 Å². The van der Waals surface area contributed by atoms with Crippen LogP contribution >= 0.6 is 23.7 Å². The van der Waals surface area contributed by atoms with Crippen LogP contribution in [0, 0.1) is 5.92 Å². The molecule has 0 radical (unpaired) electrons. The van der Waals surface area contributed by atoms with Crippen molar-refractivity contribution >= 4 is 29.7 Å². The molecule has 2 aromatic heterocycles. The lowest BCUT2D eigenvalue weighted by atomic mass is 10.00. The molecule has 0 aromatic carbocycles. The highest BCUT2D eigenvalue weighted by atomic mass is 35.5. The Bertz CT molecular complexity index is 596. The number of hydrogen-bond donors (Lipinski definition) is 2. The highest BCUT2D eigenvalue weighted by molar-refractivity contribution is 7.13. The van der Waals surface area contributed by atoms with Gasteiger partial charge < -0.3 is 15.2 Å². The lowest BCUT2D eigenvalue weighted by Crippen LogP contribution is -2.38. The van der Waals surface area contributed by atoms with Gasteiger partial charge in [-0.25, -0.2) is 0 Å². The van der Waals surface area contributed by atoms with Gasteiger partial charge in [0.1, 0.15) is 0 Å². The molecule has 1 aliphatic heterocycles. The Balaban J connectivity index is 0.00000192. The van der Waals surface area contributed by atoms with Gasteiger partial charge in [0.05, 0.1) is 4.88 Å². The van der Waals surface area contributed by atoms with Crippen molar-refractivity contribution in [1.29, 1.82) is 0 Å². The first-order valence-corrected chi connectivity index (χ1v) is 8.53. The quantitative estimate of drug-likeness (QED) is 0.830. The Labute approximate surface area is 145 Å². The van der Waals surface area contributed by atoms with E-state index in [1.807, 2.05) is 17.5 Å². The fourth-order valence-electron chi connectivity index (χ4n) is 2.53. The van der Waals surface area contributed by atoms with E-state index in [1.54, 1.807) is 11.3 Å². The van der Waals surface area contributed by atoms with Gasteiger partial charge in [0, 0.05) is 19.4 Å². The third kappa shape index (κ3) is 5.30. The smallest absolute Gasteiger partial charge is 0.227 e. The Morgan fingerprint density at radius 2 is 2.43 bits per heavy atom. The first-order chi connectivity index (χ1) is 10.8. The minimum atomic E-state index is 0. The van der Waals surface area contributed by atoms with Gasteiger partial charge in [-0.1, -0.05) is 11.2 Å². The highest BCUT2D eigenvalue weighted by Gasteiger charge is 2.15. The number of thiophene rings is 1. The summed E-state index contributed by atoms with van der Waals surface area (Å²) < 4.78 is 5.19. The molecular formula is C15H21ClN4O2S. The van der Waals surface area contributed by atoms with Crippen LogP contribution in [0.3, 0.4) is 0 Å². The number of hydrogen-bond acceptors (Lipinski definition) is 6. The van der Waals surface area contributed by atoms with Gasteiger partial charge in [-0.3, -0.25) is 4.79 Å². The third-order valence-corrected chi connectivity index (χ3v) is 4.63. The SMILES string of the molecule is Cl.O=C(CCc1nc(-c2cccs2)no1)NCC1CCCNC1. The first-order valence-electron chi connectivity index (χ1n) is 7.65. The van der Waals surface area contributed by atoms with Crippen molar-refractivity contribution < 1.29 is 9.32 Å². The summed E-state index contributed by atoms with van der Waals surface area (Å²) in [4.78, 5) is 17.2. The standard InChI is InChI=1S/C15H20N4O2S.ClH/c20-13(17-10-11-3-1-7-16-9-11)5-6-14-18-15(19-21-14)12-4-2-8-22-12;/h2,4,8,11,16H,1,3,5-7,9-10H2,(H,17,20);1H. The summed E-state index contributed by atoms with van der Waals surface area (Å²) in [5.41, 5.74) is 0. The zero-order valence-corrected chi connectivity index (χ0v) is 14.4. The Morgan fingerprint density at radius 1 is 1.52 bits per heavy atom. The molecule has 126 valence electrons. The monoisotopic (exact) mass is 356 g/mol. The number of carbonyl (C=O) groups is 1. The van der Waals surface area contributed by atoms with Crippen molar-refractivity contribution in [1.82, 2.24) is 20.8 Å². The summed E-state index contributed by atoms with van der Waals surface area (Å²) in [7, 11) is 0. The minimum absolute atomic E-state index is 0. The van der Waals surface area contributed by atoms with Gasteiger partial charge in [0.2, 0.25) is 17.6 Å². The summed E-state index contributed by atoms with van der Waals surface area (Å²) in [6, 6.07) is 3.90. The van der Waals surface area contributed by atoms with E-state index in [2.05, 4.69) is 20.8 Å². The summed E-state index contributed by atoms with van der Waals surface area (Å²) >= 11 is 1.57. The first kappa shape index (κ1) is 17.9. The lowest BCUT2D eigenvalue weighted by molar-refractivity contribution is -0.121. The van der Waals surface area contributed by atoms with Gasteiger partial charge in [0.25, 0.3) is 0 Å². The third-order valence-electron chi connectivity index (χ3n) is 3.76. The van der Waals surface area contributed by atoms with Crippen molar-refractivity contribution in [2.45, 2.75) is 25.7 Å². The van der Waals surface area contributed by atoms with Crippen LogP contribution in [0.1, 0.15) is 25.2 Å². The molecule has 1 amide bonds. The molecule has 3 heterocycles. The zero-order chi connectivity index (χ0) is 15.2. The summed E-state index contributed by atoms with van der Waals surface area (Å²) in [6.07, 6.45) is 3.23. The maximum absolute atomic E-state index is 11.9. The highest BCUT2D eigenvalue weighted by Crippen LogP contribution is 2.21. The van der Waals surface area contributed by atoms with Crippen LogP contribution < -0.4 is 10.6 Å². The molecule has 0 spiro atoms. The number of carbonyl (C=O) groups excluding carboxylic acids is 1. The Kier molecular flexibility index (Phi) is 7.01. The molecule has 0 aliphatic carbocycles. The number of piperidine rings is 1. The molecule has 1 unspecified atom stereocenters. The second-order valence-corrected chi connectivity index (χ2v) is 6.45. The molecule has 1 saturated heterocycles. The average molecular weight is 357 g/mol. The molecule has 2 aromatic rings. The van der Waals surface area contributed by atoms with Gasteiger partial charge in [0.15, 0.2) is 0 Å². The van der Waals surface area contributed by atoms with E-state index in [0.29, 0.717) is 30.5 Å². The lowest BCUT2D eigenvalue weighted by Gasteiger charge is -2.22. The van der Waals surface area contributed by atoms with E-state index in [0.717, 1.165) is 24.5 Å². The average Bonchev–Trinajstić information content (AvgIpc) is 3.22. The van der Waals surface area contributed by atoms with Crippen LogP contribution in [-0.4, -0.2) is 35.7 Å². The van der Waals surface area contributed by atoms with E-state index in [1.165, 1.54) is 12.8 Å². The van der Waals surface area contributed by atoms with Crippen LogP contribution in [0.4, 0.5) is 0 Å². The number of amides is 1. The molecule has 0 saturated carbocycles. The van der Waals surface area contributed by atoms with Crippen molar-refractivity contribution in [2.24, 2.45) is 5.92 Å². The molecule has 6 nitrogen and oxygen atoms in total. The topological polar surface area (TPSA) is 80.0 Å². The molecule has 3 rings (SSSR count). The van der Waals surface area contributed by atoms with E-state index >= 15 is 0 Å². The molecule has 1 fully saturated rings. The summed E-state index contributed by atoms with van der Waals surface area (Å²) in [5.74, 6) is 1.70. The Morgan fingerprint density at radius 3 is 3.17 bits per heavy atom. The van der Waals surface area contributed by atoms with Crippen LogP contribution in [-0.2, 0) is 11.2 Å². The van der Waals surface area contributed by atoms with Gasteiger partial charge >= 0.3 is 0 Å². The number of aryl methyl sites for hydroxylation is 1. The molecule has 23 heavy (non-hydrogen) atoms. The maximum Gasteiger partial charge on any atom is 0.227 e. The second-order valence-electron chi connectivity index (χ2n) is 5.51. The van der Waals surface area contributed by atoms with Crippen LogP contribution in [0.5, 0.6) is 0 Å². The molecule has 2 N–H and O–H groups in total. The van der Waals surface area contributed by atoms with E-state index in [-0.39, 0.29) is 18.3 Å². The largest absolute Gasteiger partial charge is 0.356 e. The number of halogens is 1. The number of nitrogens with one attached hydrogen (secondary N) is 2. The van der Waals surface area contributed by atoms with Crippen molar-refractivity contribution in [3.8, 4) is 10.7 Å². The molecule has 1 aliphatic rings. The maximum atomic E-state index is 11.9. The second kappa shape index (κ2) is 9.00. The van der Waals surface area contributed by atoms with E-state index < -0.39 is 0 Å². The van der Waals surface area contributed by atoms with Crippen LogP contribution in [0.15, 0.2) is 22.0 Å². The zero-order valence-electron chi connectivity index (χ0n) is 12.8. The van der Waals surface area contributed by atoms with E-state index in [4.69, 9.17) is 4.52 Å². The summed E-state index contributed by atoms with van der Waals surface area (Å²) in [6.45, 7) is 2.83. The summed E-state index contributed by atoms with van der Waals surface area (Å²) in [5, 5.41) is 12.3. The fraction of sp³-hybridized carbons (Fsp3) is 0.533. The van der Waals surface area contributed by atoms with Crippen molar-refractivity contribution in [2.75, 3.05) is 19.6 Å². The minimum Gasteiger partial charge on any atom is -0.356 e. The Hall–Kier alpha value is -1.44. The number of rotatable bonds is 6. The van der Waals surface area contributed by atoms with Gasteiger partial charge in [-0.15, -0.1) is 23.7 Å². The van der Waals surface area contributed by atoms with E-state index in [9.17, 15) is 4.79 Å². The van der Waals surface area contributed by atoms with Gasteiger partial charge in [-0.2, -0.15) is 4.98 Å². The molecular weight excluding hydrogens is 336 g/mol. The normalized spacial score (nSPS) is 17.5. The molecule has 0 bridgehead atoms.